The lowest BCUT2D eigenvalue weighted by molar-refractivity contribution is 0.0693. The second-order valence-corrected chi connectivity index (χ2v) is 5.77. The monoisotopic (exact) mass is 296 g/mol. The van der Waals surface area contributed by atoms with E-state index in [-0.39, 0.29) is 16.9 Å². The number of carboxylic acid groups (broad SMARTS) is 1. The van der Waals surface area contributed by atoms with Crippen molar-refractivity contribution >= 4 is 11.8 Å². The second-order valence-electron chi connectivity index (χ2n) is 5.77. The number of benzene rings is 2. The Morgan fingerprint density at radius 3 is 2.05 bits per heavy atom. The Kier molecular flexibility index (Phi) is 5.10. The Hall–Kier alpha value is -2.42. The Labute approximate surface area is 130 Å². The molecular weight excluding hydrogens is 276 g/mol. The lowest BCUT2D eigenvalue weighted by atomic mass is 9.92. The molecule has 0 unspecified atom stereocenters. The van der Waals surface area contributed by atoms with Gasteiger partial charge in [-0.2, -0.15) is 0 Å². The third kappa shape index (κ3) is 3.61. The van der Waals surface area contributed by atoms with Crippen molar-refractivity contribution in [3.05, 3.63) is 70.8 Å². The van der Waals surface area contributed by atoms with E-state index in [0.29, 0.717) is 11.5 Å². The minimum atomic E-state index is -1.08. The Morgan fingerprint density at radius 2 is 1.45 bits per heavy atom. The molecule has 0 fully saturated rings. The first-order valence-electron chi connectivity index (χ1n) is 7.45. The van der Waals surface area contributed by atoms with Crippen LogP contribution in [0.15, 0.2) is 48.5 Å². The van der Waals surface area contributed by atoms with Gasteiger partial charge in [0.1, 0.15) is 0 Å². The summed E-state index contributed by atoms with van der Waals surface area (Å²) in [6, 6.07) is 13.8. The van der Waals surface area contributed by atoms with Crippen molar-refractivity contribution in [1.29, 1.82) is 0 Å². The van der Waals surface area contributed by atoms with Gasteiger partial charge in [0.05, 0.1) is 5.56 Å². The molecule has 3 heteroatoms. The molecule has 0 heterocycles. The summed E-state index contributed by atoms with van der Waals surface area (Å²) in [5, 5.41) is 9.25. The number of carboxylic acids is 1. The molecule has 0 aliphatic rings. The minimum Gasteiger partial charge on any atom is -0.478 e. The maximum atomic E-state index is 12.8. The van der Waals surface area contributed by atoms with Crippen LogP contribution < -0.4 is 0 Å². The van der Waals surface area contributed by atoms with E-state index < -0.39 is 5.97 Å². The van der Waals surface area contributed by atoms with Gasteiger partial charge in [-0.15, -0.1) is 0 Å². The molecule has 114 valence electrons. The van der Waals surface area contributed by atoms with E-state index in [0.717, 1.165) is 18.4 Å². The highest BCUT2D eigenvalue weighted by Gasteiger charge is 2.19. The van der Waals surface area contributed by atoms with Crippen LogP contribution in [0.1, 0.15) is 52.1 Å². The first-order chi connectivity index (χ1) is 10.5. The number of ketones is 1. The third-order valence-electron chi connectivity index (χ3n) is 3.66. The summed E-state index contributed by atoms with van der Waals surface area (Å²) in [4.78, 5) is 24.1. The van der Waals surface area contributed by atoms with E-state index in [2.05, 4.69) is 13.8 Å². The van der Waals surface area contributed by atoms with Crippen LogP contribution >= 0.6 is 0 Å². The Balaban J connectivity index is 2.40. The van der Waals surface area contributed by atoms with E-state index in [1.807, 2.05) is 18.2 Å². The predicted molar refractivity (Wildman–Crippen MR) is 86.4 cm³/mol. The molecule has 2 aromatic carbocycles. The van der Waals surface area contributed by atoms with Gasteiger partial charge in [-0.25, -0.2) is 4.79 Å². The fourth-order valence-electron chi connectivity index (χ4n) is 2.42. The molecule has 22 heavy (non-hydrogen) atoms. The number of aromatic carboxylic acids is 1. The smallest absolute Gasteiger partial charge is 0.336 e. The molecule has 0 amide bonds. The molecule has 0 atom stereocenters. The summed E-state index contributed by atoms with van der Waals surface area (Å²) in [6.07, 6.45) is 1.81. The maximum absolute atomic E-state index is 12.8. The standard InChI is InChI=1S/C19H20O3/c1-13(2)11-12-14-7-3-4-8-15(14)18(20)16-9-5-6-10-17(16)19(21)22/h3-10,13H,11-12H2,1-2H3,(H,21,22). The van der Waals surface area contributed by atoms with Gasteiger partial charge in [-0.05, 0) is 30.4 Å². The predicted octanol–water partition coefficient (Wildman–Crippen LogP) is 4.20. The Morgan fingerprint density at radius 1 is 0.909 bits per heavy atom. The second kappa shape index (κ2) is 7.03. The summed E-state index contributed by atoms with van der Waals surface area (Å²) in [5.41, 5.74) is 1.86. The van der Waals surface area contributed by atoms with Crippen LogP contribution in [-0.4, -0.2) is 16.9 Å². The van der Waals surface area contributed by atoms with Crippen molar-refractivity contribution in [3.63, 3.8) is 0 Å². The van der Waals surface area contributed by atoms with Crippen LogP contribution in [0.2, 0.25) is 0 Å². The molecule has 0 saturated carbocycles. The van der Waals surface area contributed by atoms with Gasteiger partial charge in [0.2, 0.25) is 0 Å². The Bertz CT molecular complexity index is 687. The van der Waals surface area contributed by atoms with Crippen molar-refractivity contribution in [2.75, 3.05) is 0 Å². The summed E-state index contributed by atoms with van der Waals surface area (Å²) in [7, 11) is 0. The first kappa shape index (κ1) is 16.0. The van der Waals surface area contributed by atoms with E-state index in [4.69, 9.17) is 0 Å². The largest absolute Gasteiger partial charge is 0.478 e. The molecule has 0 bridgehead atoms. The topological polar surface area (TPSA) is 54.4 Å². The molecule has 2 rings (SSSR count). The number of carbonyl (C=O) groups is 2. The van der Waals surface area contributed by atoms with Gasteiger partial charge < -0.3 is 5.11 Å². The SMILES string of the molecule is CC(C)CCc1ccccc1C(=O)c1ccccc1C(=O)O. The lowest BCUT2D eigenvalue weighted by Gasteiger charge is -2.11. The van der Waals surface area contributed by atoms with E-state index >= 15 is 0 Å². The number of hydrogen-bond donors (Lipinski definition) is 1. The van der Waals surface area contributed by atoms with Crippen molar-refractivity contribution in [2.24, 2.45) is 5.92 Å². The van der Waals surface area contributed by atoms with Crippen LogP contribution in [0.4, 0.5) is 0 Å². The van der Waals surface area contributed by atoms with Gasteiger partial charge in [0, 0.05) is 11.1 Å². The minimum absolute atomic E-state index is 0.0474. The molecule has 3 nitrogen and oxygen atoms in total. The van der Waals surface area contributed by atoms with Gasteiger partial charge in [0.25, 0.3) is 0 Å². The fraction of sp³-hybridized carbons (Fsp3) is 0.263. The molecule has 0 saturated heterocycles. The van der Waals surface area contributed by atoms with Crippen LogP contribution in [0, 0.1) is 5.92 Å². The van der Waals surface area contributed by atoms with E-state index in [1.54, 1.807) is 24.3 Å². The third-order valence-corrected chi connectivity index (χ3v) is 3.66. The lowest BCUT2D eigenvalue weighted by Crippen LogP contribution is -2.11. The van der Waals surface area contributed by atoms with Gasteiger partial charge in [-0.1, -0.05) is 56.3 Å². The zero-order valence-corrected chi connectivity index (χ0v) is 12.9. The van der Waals surface area contributed by atoms with Crippen LogP contribution in [-0.2, 0) is 6.42 Å². The van der Waals surface area contributed by atoms with Gasteiger partial charge in [0.15, 0.2) is 5.78 Å². The van der Waals surface area contributed by atoms with Crippen molar-refractivity contribution in [1.82, 2.24) is 0 Å². The number of carbonyl (C=O) groups excluding carboxylic acids is 1. The summed E-state index contributed by atoms with van der Waals surface area (Å²) in [6.45, 7) is 4.29. The molecule has 0 aliphatic heterocycles. The van der Waals surface area contributed by atoms with Crippen LogP contribution in [0.3, 0.4) is 0 Å². The molecule has 1 N–H and O–H groups in total. The van der Waals surface area contributed by atoms with Crippen LogP contribution in [0.25, 0.3) is 0 Å². The maximum Gasteiger partial charge on any atom is 0.336 e. The number of aryl methyl sites for hydroxylation is 1. The zero-order chi connectivity index (χ0) is 16.1. The van der Waals surface area contributed by atoms with E-state index in [9.17, 15) is 14.7 Å². The highest BCUT2D eigenvalue weighted by molar-refractivity contribution is 6.14. The molecule has 0 spiro atoms. The molecule has 2 aromatic rings. The van der Waals surface area contributed by atoms with E-state index in [1.165, 1.54) is 6.07 Å². The van der Waals surface area contributed by atoms with Crippen molar-refractivity contribution in [2.45, 2.75) is 26.7 Å². The summed E-state index contributed by atoms with van der Waals surface area (Å²) in [5.74, 6) is -0.754. The van der Waals surface area contributed by atoms with Gasteiger partial charge in [-0.3, -0.25) is 4.79 Å². The first-order valence-corrected chi connectivity index (χ1v) is 7.45. The van der Waals surface area contributed by atoms with Crippen molar-refractivity contribution in [3.8, 4) is 0 Å². The number of hydrogen-bond acceptors (Lipinski definition) is 2. The molecule has 0 radical (unpaired) electrons. The number of rotatable bonds is 6. The fourth-order valence-corrected chi connectivity index (χ4v) is 2.42. The zero-order valence-electron chi connectivity index (χ0n) is 12.9. The molecule has 0 aromatic heterocycles. The van der Waals surface area contributed by atoms with Crippen molar-refractivity contribution < 1.29 is 14.7 Å². The molecule has 0 aliphatic carbocycles. The summed E-state index contributed by atoms with van der Waals surface area (Å²) >= 11 is 0. The van der Waals surface area contributed by atoms with Gasteiger partial charge >= 0.3 is 5.97 Å². The average molecular weight is 296 g/mol. The average Bonchev–Trinajstić information content (AvgIpc) is 2.52. The molecular formula is C19H20O3. The highest BCUT2D eigenvalue weighted by Crippen LogP contribution is 2.20. The summed E-state index contributed by atoms with van der Waals surface area (Å²) < 4.78 is 0. The highest BCUT2D eigenvalue weighted by atomic mass is 16.4. The quantitative estimate of drug-likeness (QED) is 0.813. The van der Waals surface area contributed by atoms with Crippen LogP contribution in [0.5, 0.6) is 0 Å². The normalized spacial score (nSPS) is 10.7.